The van der Waals surface area contributed by atoms with Crippen LogP contribution in [-0.4, -0.2) is 65.1 Å². The highest BCUT2D eigenvalue weighted by atomic mass is 16.2. The molecule has 0 fully saturated rings. The van der Waals surface area contributed by atoms with Gasteiger partial charge in [-0.3, -0.25) is 19.4 Å². The van der Waals surface area contributed by atoms with Gasteiger partial charge >= 0.3 is 0 Å². The van der Waals surface area contributed by atoms with Crippen molar-refractivity contribution in [3.8, 4) is 11.1 Å². The van der Waals surface area contributed by atoms with Gasteiger partial charge in [-0.05, 0) is 43.5 Å². The van der Waals surface area contributed by atoms with Crippen LogP contribution in [0.2, 0.25) is 0 Å². The largest absolute Gasteiger partial charge is 0.357 e. The second-order valence-corrected chi connectivity index (χ2v) is 7.45. The number of nitrogens with zero attached hydrogens (tertiary/aromatic N) is 4. The average molecular weight is 407 g/mol. The van der Waals surface area contributed by atoms with E-state index in [9.17, 15) is 14.4 Å². The van der Waals surface area contributed by atoms with E-state index in [0.717, 1.165) is 16.7 Å². The smallest absolute Gasteiger partial charge is 0.270 e. The van der Waals surface area contributed by atoms with Crippen molar-refractivity contribution in [1.82, 2.24) is 19.8 Å². The highest BCUT2D eigenvalue weighted by Crippen LogP contribution is 2.23. The summed E-state index contributed by atoms with van der Waals surface area (Å²) in [5.41, 5.74) is 3.63. The number of carbonyl (C=O) groups is 3. The fourth-order valence-electron chi connectivity index (χ4n) is 3.36. The zero-order valence-corrected chi connectivity index (χ0v) is 17.4. The van der Waals surface area contributed by atoms with Gasteiger partial charge < -0.3 is 15.1 Å². The molecule has 0 aromatic carbocycles. The molecular weight excluding hydrogens is 382 g/mol. The highest BCUT2D eigenvalue weighted by Gasteiger charge is 2.28. The second-order valence-electron chi connectivity index (χ2n) is 7.45. The summed E-state index contributed by atoms with van der Waals surface area (Å²) in [4.78, 5) is 48.1. The molecule has 2 amide bonds. The van der Waals surface area contributed by atoms with Crippen LogP contribution < -0.4 is 5.32 Å². The molecule has 0 saturated carbocycles. The lowest BCUT2D eigenvalue weighted by Gasteiger charge is -2.32. The Hall–Kier alpha value is -3.55. The molecule has 2 aromatic rings. The Labute approximate surface area is 175 Å². The maximum absolute atomic E-state index is 12.6. The van der Waals surface area contributed by atoms with E-state index in [1.165, 1.54) is 4.90 Å². The molecule has 0 atom stereocenters. The van der Waals surface area contributed by atoms with Gasteiger partial charge in [-0.25, -0.2) is 4.98 Å². The Morgan fingerprint density at radius 1 is 1.20 bits per heavy atom. The monoisotopic (exact) mass is 407 g/mol. The highest BCUT2D eigenvalue weighted by molar-refractivity contribution is 6.00. The quantitative estimate of drug-likeness (QED) is 0.736. The second kappa shape index (κ2) is 9.30. The molecule has 30 heavy (non-hydrogen) atoms. The maximum Gasteiger partial charge on any atom is 0.270 e. The van der Waals surface area contributed by atoms with Crippen LogP contribution in [0.1, 0.15) is 18.4 Å². The number of hydrogen-bond acceptors (Lipinski definition) is 6. The van der Waals surface area contributed by atoms with E-state index < -0.39 is 0 Å². The number of aldehydes is 1. The summed E-state index contributed by atoms with van der Waals surface area (Å²) in [6, 6.07) is 5.61. The molecule has 0 aliphatic carbocycles. The van der Waals surface area contributed by atoms with Crippen molar-refractivity contribution in [1.29, 1.82) is 0 Å². The predicted molar refractivity (Wildman–Crippen MR) is 113 cm³/mol. The van der Waals surface area contributed by atoms with Crippen LogP contribution in [0, 0.1) is 6.92 Å². The van der Waals surface area contributed by atoms with Gasteiger partial charge in [0.2, 0.25) is 5.91 Å². The Bertz CT molecular complexity index is 983. The number of anilines is 1. The van der Waals surface area contributed by atoms with Crippen LogP contribution in [0.15, 0.2) is 48.1 Å². The average Bonchev–Trinajstić information content (AvgIpc) is 2.73. The van der Waals surface area contributed by atoms with Crippen molar-refractivity contribution in [2.45, 2.75) is 19.8 Å². The number of amides is 2. The van der Waals surface area contributed by atoms with Gasteiger partial charge in [0.1, 0.15) is 17.8 Å². The standard InChI is InChI=1S/C22H25N5O3/c1-15-9-18(11-23-10-15)16-6-7-19(24-12-16)25-20(29)13-27-8-4-5-17(14-28)21(27)22(30)26(2)3/h6-7,9-12,14H,4-5,8,13H2,1-3H3,(H,24,25,29). The Balaban J connectivity index is 1.70. The molecule has 0 radical (unpaired) electrons. The summed E-state index contributed by atoms with van der Waals surface area (Å²) in [7, 11) is 3.25. The Morgan fingerprint density at radius 2 is 2.00 bits per heavy atom. The number of hydrogen-bond donors (Lipinski definition) is 1. The van der Waals surface area contributed by atoms with Crippen molar-refractivity contribution < 1.29 is 14.4 Å². The number of likely N-dealkylation sites (N-methyl/N-ethyl adjacent to an activating group) is 1. The van der Waals surface area contributed by atoms with E-state index in [1.807, 2.05) is 19.1 Å². The zero-order valence-electron chi connectivity index (χ0n) is 17.4. The summed E-state index contributed by atoms with van der Waals surface area (Å²) in [5, 5.41) is 2.76. The summed E-state index contributed by atoms with van der Waals surface area (Å²) in [6.45, 7) is 2.47. The summed E-state index contributed by atoms with van der Waals surface area (Å²) < 4.78 is 0. The zero-order chi connectivity index (χ0) is 21.7. The van der Waals surface area contributed by atoms with E-state index in [-0.39, 0.29) is 18.4 Å². The Morgan fingerprint density at radius 3 is 2.63 bits per heavy atom. The van der Waals surface area contributed by atoms with Crippen LogP contribution in [0.5, 0.6) is 0 Å². The number of pyridine rings is 2. The van der Waals surface area contributed by atoms with Crippen molar-refractivity contribution in [3.05, 3.63) is 53.6 Å². The fourth-order valence-corrected chi connectivity index (χ4v) is 3.36. The molecule has 1 aliphatic heterocycles. The van der Waals surface area contributed by atoms with E-state index in [2.05, 4.69) is 15.3 Å². The van der Waals surface area contributed by atoms with Gasteiger partial charge in [-0.1, -0.05) is 0 Å². The van der Waals surface area contributed by atoms with E-state index >= 15 is 0 Å². The van der Waals surface area contributed by atoms with Crippen molar-refractivity contribution >= 4 is 23.9 Å². The summed E-state index contributed by atoms with van der Waals surface area (Å²) in [6.07, 6.45) is 7.18. The lowest BCUT2D eigenvalue weighted by atomic mass is 10.0. The van der Waals surface area contributed by atoms with Crippen LogP contribution >= 0.6 is 0 Å². The first-order chi connectivity index (χ1) is 14.4. The summed E-state index contributed by atoms with van der Waals surface area (Å²) in [5.74, 6) is -0.163. The minimum absolute atomic E-state index is 0.0303. The number of carbonyl (C=O) groups excluding carboxylic acids is 3. The predicted octanol–water partition coefficient (Wildman–Crippen LogP) is 2.03. The van der Waals surface area contributed by atoms with Crippen LogP contribution in [0.3, 0.4) is 0 Å². The molecule has 8 heteroatoms. The molecule has 0 bridgehead atoms. The number of aryl methyl sites for hydroxylation is 1. The SMILES string of the molecule is Cc1cncc(-c2ccc(NC(=O)CN3CCCC(C=O)=C3C(=O)N(C)C)nc2)c1. The molecule has 3 heterocycles. The molecule has 8 nitrogen and oxygen atoms in total. The molecule has 0 spiro atoms. The number of allylic oxidation sites excluding steroid dienone is 1. The number of nitrogens with one attached hydrogen (secondary N) is 1. The topological polar surface area (TPSA) is 95.5 Å². The first-order valence-electron chi connectivity index (χ1n) is 9.72. The van der Waals surface area contributed by atoms with Crippen LogP contribution in [-0.2, 0) is 14.4 Å². The first kappa shape index (κ1) is 21.2. The van der Waals surface area contributed by atoms with Crippen LogP contribution in [0.25, 0.3) is 11.1 Å². The third kappa shape index (κ3) is 4.89. The normalized spacial score (nSPS) is 13.8. The molecule has 156 valence electrons. The minimum atomic E-state index is -0.302. The molecule has 3 rings (SSSR count). The fraction of sp³-hybridized carbons (Fsp3) is 0.318. The van der Waals surface area contributed by atoms with Gasteiger partial charge in [0.05, 0.1) is 6.54 Å². The van der Waals surface area contributed by atoms with E-state index in [0.29, 0.717) is 42.8 Å². The van der Waals surface area contributed by atoms with E-state index in [1.54, 1.807) is 43.7 Å². The van der Waals surface area contributed by atoms with E-state index in [4.69, 9.17) is 0 Å². The third-order valence-electron chi connectivity index (χ3n) is 4.82. The molecule has 1 aliphatic rings. The minimum Gasteiger partial charge on any atom is -0.357 e. The first-order valence-corrected chi connectivity index (χ1v) is 9.72. The van der Waals surface area contributed by atoms with Crippen molar-refractivity contribution in [3.63, 3.8) is 0 Å². The molecule has 1 N–H and O–H groups in total. The lowest BCUT2D eigenvalue weighted by molar-refractivity contribution is -0.127. The third-order valence-corrected chi connectivity index (χ3v) is 4.82. The number of rotatable bonds is 6. The van der Waals surface area contributed by atoms with Gasteiger partial charge in [0, 0.05) is 55.9 Å². The molecular formula is C22H25N5O3. The molecule has 2 aromatic heterocycles. The van der Waals surface area contributed by atoms with Gasteiger partial charge in [0.25, 0.3) is 5.91 Å². The Kier molecular flexibility index (Phi) is 6.56. The molecule has 0 unspecified atom stereocenters. The lowest BCUT2D eigenvalue weighted by Crippen LogP contribution is -2.42. The van der Waals surface area contributed by atoms with Crippen LogP contribution in [0.4, 0.5) is 5.82 Å². The number of aromatic nitrogens is 2. The van der Waals surface area contributed by atoms with Gasteiger partial charge in [0.15, 0.2) is 0 Å². The maximum atomic E-state index is 12.6. The van der Waals surface area contributed by atoms with Gasteiger partial charge in [-0.15, -0.1) is 0 Å². The molecule has 0 saturated heterocycles. The summed E-state index contributed by atoms with van der Waals surface area (Å²) >= 11 is 0. The van der Waals surface area contributed by atoms with Gasteiger partial charge in [-0.2, -0.15) is 0 Å². The van der Waals surface area contributed by atoms with Crippen molar-refractivity contribution in [2.24, 2.45) is 0 Å². The van der Waals surface area contributed by atoms with Crippen molar-refractivity contribution in [2.75, 3.05) is 32.5 Å².